The summed E-state index contributed by atoms with van der Waals surface area (Å²) in [6, 6.07) is 5.98. The number of hydrogen-bond acceptors (Lipinski definition) is 3. The SMILES string of the molecule is COC(=O)[C@]1(c2ccc(F)cc2)CCCN1. The summed E-state index contributed by atoms with van der Waals surface area (Å²) in [5, 5.41) is 3.16. The molecule has 0 bridgehead atoms. The van der Waals surface area contributed by atoms with Gasteiger partial charge in [-0.3, -0.25) is 5.32 Å². The summed E-state index contributed by atoms with van der Waals surface area (Å²) in [6.07, 6.45) is 1.60. The maximum absolute atomic E-state index is 12.8. The highest BCUT2D eigenvalue weighted by molar-refractivity contribution is 5.83. The zero-order valence-electron chi connectivity index (χ0n) is 9.13. The molecule has 1 N–H and O–H groups in total. The maximum atomic E-state index is 12.8. The number of benzene rings is 1. The minimum absolute atomic E-state index is 0.304. The van der Waals surface area contributed by atoms with Crippen molar-refractivity contribution in [2.75, 3.05) is 13.7 Å². The number of hydrogen-bond donors (Lipinski definition) is 1. The van der Waals surface area contributed by atoms with Gasteiger partial charge in [-0.25, -0.2) is 9.18 Å². The predicted molar refractivity (Wildman–Crippen MR) is 57.3 cm³/mol. The monoisotopic (exact) mass is 223 g/mol. The number of nitrogens with one attached hydrogen (secondary N) is 1. The van der Waals surface area contributed by atoms with E-state index >= 15 is 0 Å². The molecular formula is C12H14FNO2. The van der Waals surface area contributed by atoms with Crippen molar-refractivity contribution < 1.29 is 13.9 Å². The second kappa shape index (κ2) is 4.22. The number of carbonyl (C=O) groups excluding carboxylic acids is 1. The minimum Gasteiger partial charge on any atom is -0.467 e. The molecule has 0 unspecified atom stereocenters. The van der Waals surface area contributed by atoms with E-state index in [4.69, 9.17) is 4.74 Å². The van der Waals surface area contributed by atoms with Crippen LogP contribution in [0.15, 0.2) is 24.3 Å². The van der Waals surface area contributed by atoms with Crippen molar-refractivity contribution in [3.05, 3.63) is 35.6 Å². The molecule has 1 atom stereocenters. The molecular weight excluding hydrogens is 209 g/mol. The van der Waals surface area contributed by atoms with E-state index in [-0.39, 0.29) is 11.8 Å². The first-order valence-electron chi connectivity index (χ1n) is 5.28. The van der Waals surface area contributed by atoms with E-state index in [2.05, 4.69) is 5.32 Å². The Morgan fingerprint density at radius 3 is 2.62 bits per heavy atom. The first-order valence-corrected chi connectivity index (χ1v) is 5.28. The molecule has 2 rings (SSSR count). The molecule has 3 nitrogen and oxygen atoms in total. The molecule has 1 fully saturated rings. The summed E-state index contributed by atoms with van der Waals surface area (Å²) in [7, 11) is 1.37. The average molecular weight is 223 g/mol. The second-order valence-corrected chi connectivity index (χ2v) is 3.93. The fraction of sp³-hybridized carbons (Fsp3) is 0.417. The number of rotatable bonds is 2. The molecule has 86 valence electrons. The Kier molecular flexibility index (Phi) is 2.92. The van der Waals surface area contributed by atoms with Crippen molar-refractivity contribution in [1.29, 1.82) is 0 Å². The van der Waals surface area contributed by atoms with Gasteiger partial charge in [-0.1, -0.05) is 12.1 Å². The highest BCUT2D eigenvalue weighted by Gasteiger charge is 2.43. The topological polar surface area (TPSA) is 38.3 Å². The highest BCUT2D eigenvalue weighted by Crippen LogP contribution is 2.32. The fourth-order valence-electron chi connectivity index (χ4n) is 2.19. The molecule has 0 aliphatic carbocycles. The first kappa shape index (κ1) is 11.1. The van der Waals surface area contributed by atoms with Crippen LogP contribution in [-0.4, -0.2) is 19.6 Å². The average Bonchev–Trinajstić information content (AvgIpc) is 2.79. The van der Waals surface area contributed by atoms with Crippen molar-refractivity contribution >= 4 is 5.97 Å². The summed E-state index contributed by atoms with van der Waals surface area (Å²) in [5.41, 5.74) is -0.0270. The molecule has 1 aromatic carbocycles. The Morgan fingerprint density at radius 2 is 2.12 bits per heavy atom. The van der Waals surface area contributed by atoms with Gasteiger partial charge in [0.05, 0.1) is 7.11 Å². The Hall–Kier alpha value is -1.42. The lowest BCUT2D eigenvalue weighted by molar-refractivity contribution is -0.148. The lowest BCUT2D eigenvalue weighted by atomic mass is 9.88. The lowest BCUT2D eigenvalue weighted by Crippen LogP contribution is -2.45. The van der Waals surface area contributed by atoms with Gasteiger partial charge >= 0.3 is 5.97 Å². The Balaban J connectivity index is 2.39. The van der Waals surface area contributed by atoms with Gasteiger partial charge in [0.2, 0.25) is 0 Å². The largest absolute Gasteiger partial charge is 0.467 e. The number of carbonyl (C=O) groups is 1. The highest BCUT2D eigenvalue weighted by atomic mass is 19.1. The third kappa shape index (κ3) is 1.69. The van der Waals surface area contributed by atoms with Crippen LogP contribution in [0.4, 0.5) is 4.39 Å². The third-order valence-corrected chi connectivity index (χ3v) is 3.03. The van der Waals surface area contributed by atoms with Gasteiger partial charge in [0, 0.05) is 0 Å². The van der Waals surface area contributed by atoms with Gasteiger partial charge in [0.1, 0.15) is 11.4 Å². The van der Waals surface area contributed by atoms with Gasteiger partial charge < -0.3 is 4.74 Å². The number of halogens is 1. The predicted octanol–water partition coefficient (Wildman–Crippen LogP) is 1.58. The first-order chi connectivity index (χ1) is 7.69. The maximum Gasteiger partial charge on any atom is 0.330 e. The van der Waals surface area contributed by atoms with Gasteiger partial charge in [-0.05, 0) is 37.1 Å². The van der Waals surface area contributed by atoms with E-state index in [9.17, 15) is 9.18 Å². The van der Waals surface area contributed by atoms with Crippen LogP contribution in [0.2, 0.25) is 0 Å². The summed E-state index contributed by atoms with van der Waals surface area (Å²) in [6.45, 7) is 0.770. The van der Waals surface area contributed by atoms with Crippen LogP contribution >= 0.6 is 0 Å². The summed E-state index contributed by atoms with van der Waals surface area (Å²) in [5.74, 6) is -0.613. The van der Waals surface area contributed by atoms with E-state index in [1.807, 2.05) is 0 Å². The quantitative estimate of drug-likeness (QED) is 0.773. The number of ether oxygens (including phenoxy) is 1. The van der Waals surface area contributed by atoms with Crippen LogP contribution in [0, 0.1) is 5.82 Å². The van der Waals surface area contributed by atoms with Crippen LogP contribution < -0.4 is 5.32 Å². The van der Waals surface area contributed by atoms with Crippen LogP contribution in [0.3, 0.4) is 0 Å². The van der Waals surface area contributed by atoms with E-state index in [1.54, 1.807) is 12.1 Å². The fourth-order valence-corrected chi connectivity index (χ4v) is 2.19. The summed E-state index contributed by atoms with van der Waals surface area (Å²) >= 11 is 0. The lowest BCUT2D eigenvalue weighted by Gasteiger charge is -2.26. The van der Waals surface area contributed by atoms with E-state index in [1.165, 1.54) is 19.2 Å². The van der Waals surface area contributed by atoms with E-state index in [0.717, 1.165) is 18.5 Å². The Morgan fingerprint density at radius 1 is 1.44 bits per heavy atom. The molecule has 16 heavy (non-hydrogen) atoms. The van der Waals surface area contributed by atoms with Gasteiger partial charge in [0.25, 0.3) is 0 Å². The Labute approximate surface area is 93.6 Å². The van der Waals surface area contributed by atoms with Crippen molar-refractivity contribution in [3.8, 4) is 0 Å². The van der Waals surface area contributed by atoms with Crippen LogP contribution in [0.25, 0.3) is 0 Å². The van der Waals surface area contributed by atoms with E-state index in [0.29, 0.717) is 6.42 Å². The zero-order valence-corrected chi connectivity index (χ0v) is 9.13. The van der Waals surface area contributed by atoms with Crippen molar-refractivity contribution in [2.24, 2.45) is 0 Å². The van der Waals surface area contributed by atoms with E-state index < -0.39 is 5.54 Å². The van der Waals surface area contributed by atoms with Gasteiger partial charge in [-0.2, -0.15) is 0 Å². The van der Waals surface area contributed by atoms with Crippen LogP contribution in [0.5, 0.6) is 0 Å². The molecule has 0 aromatic heterocycles. The van der Waals surface area contributed by atoms with Crippen molar-refractivity contribution in [1.82, 2.24) is 5.32 Å². The van der Waals surface area contributed by atoms with Crippen molar-refractivity contribution in [2.45, 2.75) is 18.4 Å². The second-order valence-electron chi connectivity index (χ2n) is 3.93. The third-order valence-electron chi connectivity index (χ3n) is 3.03. The normalized spacial score (nSPS) is 24.4. The molecule has 1 saturated heterocycles. The molecule has 0 amide bonds. The Bertz CT molecular complexity index is 383. The molecule has 0 spiro atoms. The number of esters is 1. The van der Waals surface area contributed by atoms with Crippen LogP contribution in [0.1, 0.15) is 18.4 Å². The molecule has 1 heterocycles. The molecule has 1 aromatic rings. The van der Waals surface area contributed by atoms with Crippen molar-refractivity contribution in [3.63, 3.8) is 0 Å². The van der Waals surface area contributed by atoms with Gasteiger partial charge in [-0.15, -0.1) is 0 Å². The minimum atomic E-state index is -0.789. The molecule has 1 aliphatic rings. The standard InChI is InChI=1S/C12H14FNO2/c1-16-11(15)12(7-2-8-14-12)9-3-5-10(13)6-4-9/h3-6,14H,2,7-8H2,1H3/t12-/m1/s1. The smallest absolute Gasteiger partial charge is 0.330 e. The molecule has 0 radical (unpaired) electrons. The zero-order chi connectivity index (χ0) is 11.6. The number of methoxy groups -OCH3 is 1. The van der Waals surface area contributed by atoms with Crippen LogP contribution in [-0.2, 0) is 15.1 Å². The molecule has 4 heteroatoms. The summed E-state index contributed by atoms with van der Waals surface area (Å²) < 4.78 is 17.7. The van der Waals surface area contributed by atoms with Gasteiger partial charge in [0.15, 0.2) is 0 Å². The summed E-state index contributed by atoms with van der Waals surface area (Å²) in [4.78, 5) is 11.8. The molecule has 1 aliphatic heterocycles. The molecule has 0 saturated carbocycles.